The molecule has 6 nitrogen and oxygen atoms in total. The molecule has 0 saturated carbocycles. The highest BCUT2D eigenvalue weighted by molar-refractivity contribution is 7.08. The third-order valence-electron chi connectivity index (χ3n) is 4.58. The van der Waals surface area contributed by atoms with Gasteiger partial charge in [-0.2, -0.15) is 0 Å². The summed E-state index contributed by atoms with van der Waals surface area (Å²) in [4.78, 5) is 31.5. The van der Waals surface area contributed by atoms with Gasteiger partial charge in [-0.1, -0.05) is 0 Å². The molecular formula is C17H22N4O2S. The summed E-state index contributed by atoms with van der Waals surface area (Å²) in [6, 6.07) is -0.309. The van der Waals surface area contributed by atoms with E-state index in [1.165, 1.54) is 0 Å². The topological polar surface area (TPSA) is 67.2 Å². The molecule has 2 aromatic rings. The second-order valence-electron chi connectivity index (χ2n) is 5.96. The second-order valence-corrected chi connectivity index (χ2v) is 6.71. The van der Waals surface area contributed by atoms with Gasteiger partial charge in [0, 0.05) is 37.3 Å². The van der Waals surface area contributed by atoms with Crippen LogP contribution in [0, 0.1) is 12.8 Å². The minimum atomic E-state index is -0.426. The Morgan fingerprint density at radius 2 is 2.17 bits per heavy atom. The van der Waals surface area contributed by atoms with Gasteiger partial charge in [0.1, 0.15) is 11.9 Å². The van der Waals surface area contributed by atoms with E-state index in [4.69, 9.17) is 0 Å². The zero-order valence-corrected chi connectivity index (χ0v) is 15.0. The van der Waals surface area contributed by atoms with E-state index in [2.05, 4.69) is 10.3 Å². The third kappa shape index (κ3) is 2.84. The van der Waals surface area contributed by atoms with Crippen LogP contribution in [0.15, 0.2) is 23.2 Å². The van der Waals surface area contributed by atoms with Crippen molar-refractivity contribution in [3.05, 3.63) is 34.5 Å². The average molecular weight is 346 g/mol. The minimum absolute atomic E-state index is 0.00958. The Bertz CT molecular complexity index is 751. The normalized spacial score (nSPS) is 20.6. The Labute approximate surface area is 145 Å². The molecule has 2 amide bonds. The molecule has 2 aromatic heterocycles. The molecule has 0 unspecified atom stereocenters. The second kappa shape index (κ2) is 6.76. The van der Waals surface area contributed by atoms with E-state index >= 15 is 0 Å². The van der Waals surface area contributed by atoms with Crippen molar-refractivity contribution in [3.63, 3.8) is 0 Å². The van der Waals surface area contributed by atoms with Crippen LogP contribution < -0.4 is 5.32 Å². The van der Waals surface area contributed by atoms with Gasteiger partial charge in [-0.15, -0.1) is 11.3 Å². The van der Waals surface area contributed by atoms with Crippen molar-refractivity contribution in [2.24, 2.45) is 5.92 Å². The molecule has 0 aliphatic carbocycles. The maximum absolute atomic E-state index is 12.9. The Morgan fingerprint density at radius 1 is 1.38 bits per heavy atom. The average Bonchev–Trinajstić information content (AvgIpc) is 3.26. The lowest BCUT2D eigenvalue weighted by Crippen LogP contribution is -2.34. The quantitative estimate of drug-likeness (QED) is 0.905. The summed E-state index contributed by atoms with van der Waals surface area (Å²) in [6.45, 7) is 7.26. The van der Waals surface area contributed by atoms with Crippen LogP contribution in [-0.4, -0.2) is 32.8 Å². The maximum Gasteiger partial charge on any atom is 0.230 e. The number of likely N-dealkylation sites (tertiary alicyclic amines) is 1. The molecule has 3 rings (SSSR count). The number of hydrogen-bond donors (Lipinski definition) is 1. The first-order valence-corrected chi connectivity index (χ1v) is 9.15. The third-order valence-corrected chi connectivity index (χ3v) is 5.44. The number of thiophene rings is 1. The van der Waals surface area contributed by atoms with Gasteiger partial charge in [-0.3, -0.25) is 9.59 Å². The van der Waals surface area contributed by atoms with Crippen molar-refractivity contribution in [1.29, 1.82) is 0 Å². The molecule has 2 atom stereocenters. The van der Waals surface area contributed by atoms with Crippen molar-refractivity contribution >= 4 is 28.8 Å². The van der Waals surface area contributed by atoms with E-state index < -0.39 is 5.92 Å². The number of imidazole rings is 1. The smallest absolute Gasteiger partial charge is 0.230 e. The molecule has 3 heterocycles. The summed E-state index contributed by atoms with van der Waals surface area (Å²) >= 11 is 1.55. The molecule has 0 bridgehead atoms. The number of aromatic nitrogens is 2. The number of aryl methyl sites for hydroxylation is 2. The molecular weight excluding hydrogens is 324 g/mol. The highest BCUT2D eigenvalue weighted by atomic mass is 32.1. The lowest BCUT2D eigenvalue weighted by Gasteiger charge is -2.26. The van der Waals surface area contributed by atoms with Gasteiger partial charge in [0.2, 0.25) is 11.8 Å². The Balaban J connectivity index is 1.91. The Morgan fingerprint density at radius 3 is 2.79 bits per heavy atom. The van der Waals surface area contributed by atoms with Gasteiger partial charge in [-0.05, 0) is 31.7 Å². The van der Waals surface area contributed by atoms with E-state index in [9.17, 15) is 9.59 Å². The molecule has 1 aliphatic heterocycles. The number of nitrogens with zero attached hydrogens (tertiary/aromatic N) is 3. The van der Waals surface area contributed by atoms with E-state index in [-0.39, 0.29) is 24.3 Å². The SMILES string of the molecule is CCN1C(=O)C[C@H](C(=O)Nc2cscc2C)[C@H]1c1nccn1CC. The van der Waals surface area contributed by atoms with Crippen molar-refractivity contribution in [2.75, 3.05) is 11.9 Å². The summed E-state index contributed by atoms with van der Waals surface area (Å²) in [6.07, 6.45) is 3.85. The first-order chi connectivity index (χ1) is 11.6. The first-order valence-electron chi connectivity index (χ1n) is 8.20. The molecule has 0 spiro atoms. The lowest BCUT2D eigenvalue weighted by molar-refractivity contribution is -0.129. The van der Waals surface area contributed by atoms with E-state index in [1.54, 1.807) is 22.4 Å². The van der Waals surface area contributed by atoms with E-state index in [0.29, 0.717) is 6.54 Å². The van der Waals surface area contributed by atoms with Crippen molar-refractivity contribution in [3.8, 4) is 0 Å². The molecule has 1 fully saturated rings. The number of rotatable bonds is 5. The summed E-state index contributed by atoms with van der Waals surface area (Å²) in [5.74, 6) is 0.253. The molecule has 24 heavy (non-hydrogen) atoms. The van der Waals surface area contributed by atoms with Crippen LogP contribution in [0.5, 0.6) is 0 Å². The number of nitrogens with one attached hydrogen (secondary N) is 1. The van der Waals surface area contributed by atoms with Gasteiger partial charge >= 0.3 is 0 Å². The highest BCUT2D eigenvalue weighted by Gasteiger charge is 2.45. The lowest BCUT2D eigenvalue weighted by atomic mass is 9.98. The van der Waals surface area contributed by atoms with E-state index in [0.717, 1.165) is 23.6 Å². The van der Waals surface area contributed by atoms with Crippen LogP contribution >= 0.6 is 11.3 Å². The first kappa shape index (κ1) is 16.7. The van der Waals surface area contributed by atoms with Crippen LogP contribution in [-0.2, 0) is 16.1 Å². The molecule has 7 heteroatoms. The minimum Gasteiger partial charge on any atom is -0.333 e. The van der Waals surface area contributed by atoms with Gasteiger partial charge in [0.05, 0.1) is 11.6 Å². The van der Waals surface area contributed by atoms with Crippen molar-refractivity contribution in [1.82, 2.24) is 14.5 Å². The molecule has 0 radical (unpaired) electrons. The number of amides is 2. The number of carbonyl (C=O) groups is 2. The van der Waals surface area contributed by atoms with Gasteiger partial charge in [-0.25, -0.2) is 4.98 Å². The Kier molecular flexibility index (Phi) is 4.71. The van der Waals surface area contributed by atoms with Crippen molar-refractivity contribution in [2.45, 2.75) is 39.8 Å². The van der Waals surface area contributed by atoms with Crippen LogP contribution in [0.3, 0.4) is 0 Å². The molecule has 1 N–H and O–H groups in total. The predicted molar refractivity (Wildman–Crippen MR) is 93.8 cm³/mol. The van der Waals surface area contributed by atoms with Crippen LogP contribution in [0.1, 0.15) is 37.7 Å². The summed E-state index contributed by atoms with van der Waals surface area (Å²) in [5.41, 5.74) is 1.86. The highest BCUT2D eigenvalue weighted by Crippen LogP contribution is 2.38. The summed E-state index contributed by atoms with van der Waals surface area (Å²) in [7, 11) is 0. The molecule has 1 saturated heterocycles. The fourth-order valence-corrected chi connectivity index (χ4v) is 4.07. The predicted octanol–water partition coefficient (Wildman–Crippen LogP) is 2.82. The monoisotopic (exact) mass is 346 g/mol. The largest absolute Gasteiger partial charge is 0.333 e. The standard InChI is InChI=1S/C17H22N4O2S/c1-4-20-7-6-18-16(20)15-12(8-14(22)21(15)5-2)17(23)19-13-10-24-9-11(13)3/h6-7,9-10,12,15H,4-5,8H2,1-3H3,(H,19,23)/t12-,15-/m0/s1. The summed E-state index contributed by atoms with van der Waals surface area (Å²) in [5, 5.41) is 6.90. The summed E-state index contributed by atoms with van der Waals surface area (Å²) < 4.78 is 2.00. The van der Waals surface area contributed by atoms with Crippen molar-refractivity contribution < 1.29 is 9.59 Å². The fourth-order valence-electron chi connectivity index (χ4n) is 3.29. The number of anilines is 1. The van der Waals surface area contributed by atoms with E-state index in [1.807, 2.05) is 42.3 Å². The van der Waals surface area contributed by atoms with Gasteiger partial charge < -0.3 is 14.8 Å². The van der Waals surface area contributed by atoms with Crippen LogP contribution in [0.4, 0.5) is 5.69 Å². The van der Waals surface area contributed by atoms with Gasteiger partial charge in [0.25, 0.3) is 0 Å². The van der Waals surface area contributed by atoms with Crippen LogP contribution in [0.2, 0.25) is 0 Å². The van der Waals surface area contributed by atoms with Crippen LogP contribution in [0.25, 0.3) is 0 Å². The zero-order valence-electron chi connectivity index (χ0n) is 14.2. The molecule has 128 valence electrons. The number of carbonyl (C=O) groups excluding carboxylic acids is 2. The number of hydrogen-bond acceptors (Lipinski definition) is 4. The molecule has 1 aliphatic rings. The fraction of sp³-hybridized carbons (Fsp3) is 0.471. The maximum atomic E-state index is 12.9. The molecule has 0 aromatic carbocycles. The zero-order chi connectivity index (χ0) is 17.3. The Hall–Kier alpha value is -2.15. The van der Waals surface area contributed by atoms with Gasteiger partial charge in [0.15, 0.2) is 0 Å².